The van der Waals surface area contributed by atoms with Gasteiger partial charge < -0.3 is 15.2 Å². The highest BCUT2D eigenvalue weighted by Gasteiger charge is 2.21. The van der Waals surface area contributed by atoms with E-state index >= 15 is 0 Å². The summed E-state index contributed by atoms with van der Waals surface area (Å²) in [5.41, 5.74) is 6.91. The lowest BCUT2D eigenvalue weighted by Crippen LogP contribution is -2.13. The molecule has 2 aromatic rings. The normalized spacial score (nSPS) is 11.3. The van der Waals surface area contributed by atoms with E-state index < -0.39 is 0 Å². The minimum absolute atomic E-state index is 0.130. The van der Waals surface area contributed by atoms with Gasteiger partial charge in [-0.3, -0.25) is 0 Å². The predicted octanol–water partition coefficient (Wildman–Crippen LogP) is 3.81. The number of aromatic nitrogens is 2. The van der Waals surface area contributed by atoms with Crippen molar-refractivity contribution in [3.8, 4) is 17.4 Å². The molecule has 0 amide bonds. The molecule has 1 heterocycles. The average molecular weight is 308 g/mol. The molecule has 0 saturated heterocycles. The summed E-state index contributed by atoms with van der Waals surface area (Å²) in [6.45, 7) is 6.26. The van der Waals surface area contributed by atoms with Gasteiger partial charge in [0.15, 0.2) is 5.15 Å². The van der Waals surface area contributed by atoms with E-state index in [-0.39, 0.29) is 22.1 Å². The summed E-state index contributed by atoms with van der Waals surface area (Å²) in [5, 5.41) is 0.172. The summed E-state index contributed by atoms with van der Waals surface area (Å²) in [4.78, 5) is 7.83. The molecule has 0 spiro atoms. The Hall–Kier alpha value is -2.01. The predicted molar refractivity (Wildman–Crippen MR) is 83.2 cm³/mol. The summed E-state index contributed by atoms with van der Waals surface area (Å²) in [6.07, 6.45) is 1.31. The van der Waals surface area contributed by atoms with Crippen LogP contribution >= 0.6 is 11.6 Å². The third-order valence-electron chi connectivity index (χ3n) is 3.00. The third-order valence-corrected chi connectivity index (χ3v) is 3.30. The largest absolute Gasteiger partial charge is 0.497 e. The Balaban J connectivity index is 2.46. The summed E-state index contributed by atoms with van der Waals surface area (Å²) in [6, 6.07) is 5.59. The number of nitrogens with zero attached hydrogens (tertiary/aromatic N) is 2. The number of ether oxygens (including phenoxy) is 2. The molecule has 0 bridgehead atoms. The quantitative estimate of drug-likeness (QED) is 0.873. The van der Waals surface area contributed by atoms with E-state index in [0.717, 1.165) is 11.3 Å². The van der Waals surface area contributed by atoms with Gasteiger partial charge in [-0.2, -0.15) is 4.98 Å². The summed E-state index contributed by atoms with van der Waals surface area (Å²) >= 11 is 5.88. The number of nitrogens with two attached hydrogens (primary N) is 1. The highest BCUT2D eigenvalue weighted by atomic mass is 35.5. The Kier molecular flexibility index (Phi) is 4.23. The van der Waals surface area contributed by atoms with Gasteiger partial charge in [-0.15, -0.1) is 0 Å². The van der Waals surface area contributed by atoms with Crippen LogP contribution in [0.2, 0.25) is 5.15 Å². The Morgan fingerprint density at radius 3 is 2.52 bits per heavy atom. The zero-order valence-electron chi connectivity index (χ0n) is 12.5. The highest BCUT2D eigenvalue weighted by Crippen LogP contribution is 2.38. The minimum Gasteiger partial charge on any atom is -0.497 e. The molecule has 0 unspecified atom stereocenters. The lowest BCUT2D eigenvalue weighted by atomic mass is 9.86. The molecule has 0 aliphatic rings. The molecule has 0 aliphatic heterocycles. The molecule has 0 atom stereocenters. The number of hydrogen-bond acceptors (Lipinski definition) is 5. The van der Waals surface area contributed by atoms with Crippen LogP contribution in [0, 0.1) is 0 Å². The van der Waals surface area contributed by atoms with Gasteiger partial charge in [-0.25, -0.2) is 4.98 Å². The van der Waals surface area contributed by atoms with Gasteiger partial charge in [0.2, 0.25) is 5.88 Å². The fourth-order valence-corrected chi connectivity index (χ4v) is 1.98. The van der Waals surface area contributed by atoms with Crippen LogP contribution in [0.3, 0.4) is 0 Å². The first-order valence-corrected chi connectivity index (χ1v) is 6.83. The zero-order chi connectivity index (χ0) is 15.6. The van der Waals surface area contributed by atoms with E-state index in [2.05, 4.69) is 30.7 Å². The van der Waals surface area contributed by atoms with Crippen LogP contribution in [-0.2, 0) is 5.41 Å². The number of halogens is 1. The highest BCUT2D eigenvalue weighted by molar-refractivity contribution is 6.32. The van der Waals surface area contributed by atoms with Crippen LogP contribution in [-0.4, -0.2) is 17.1 Å². The Morgan fingerprint density at radius 1 is 1.19 bits per heavy atom. The van der Waals surface area contributed by atoms with Crippen molar-refractivity contribution in [2.24, 2.45) is 0 Å². The second kappa shape index (κ2) is 5.77. The van der Waals surface area contributed by atoms with Crippen LogP contribution in [0.1, 0.15) is 26.3 Å². The average Bonchev–Trinajstić information content (AvgIpc) is 2.43. The van der Waals surface area contributed by atoms with E-state index in [1.54, 1.807) is 7.11 Å². The number of nitrogen functional groups attached to an aromatic ring is 1. The molecule has 0 fully saturated rings. The SMILES string of the molecule is COc1ccc(Oc2ncnc(Cl)c2N)c(C(C)(C)C)c1. The van der Waals surface area contributed by atoms with Gasteiger partial charge in [0.1, 0.15) is 23.5 Å². The maximum atomic E-state index is 5.88. The van der Waals surface area contributed by atoms with Gasteiger partial charge in [-0.05, 0) is 23.6 Å². The van der Waals surface area contributed by atoms with Crippen LogP contribution in [0.25, 0.3) is 0 Å². The van der Waals surface area contributed by atoms with Crippen molar-refractivity contribution in [3.05, 3.63) is 35.2 Å². The van der Waals surface area contributed by atoms with Gasteiger partial charge in [-0.1, -0.05) is 32.4 Å². The smallest absolute Gasteiger partial charge is 0.247 e. The fourth-order valence-electron chi connectivity index (χ4n) is 1.86. The van der Waals surface area contributed by atoms with Crippen molar-refractivity contribution >= 4 is 17.3 Å². The number of methoxy groups -OCH3 is 1. The number of benzene rings is 1. The van der Waals surface area contributed by atoms with Gasteiger partial charge in [0.05, 0.1) is 7.11 Å². The first-order valence-electron chi connectivity index (χ1n) is 6.45. The topological polar surface area (TPSA) is 70.3 Å². The maximum absolute atomic E-state index is 5.88. The molecule has 1 aromatic carbocycles. The Morgan fingerprint density at radius 2 is 1.90 bits per heavy atom. The molecule has 6 heteroatoms. The van der Waals surface area contributed by atoms with Gasteiger partial charge in [0, 0.05) is 5.56 Å². The van der Waals surface area contributed by atoms with E-state index in [1.807, 2.05) is 18.2 Å². The fraction of sp³-hybridized carbons (Fsp3) is 0.333. The van der Waals surface area contributed by atoms with Crippen LogP contribution in [0.4, 0.5) is 5.69 Å². The van der Waals surface area contributed by atoms with E-state index in [9.17, 15) is 0 Å². The molecular formula is C15H18ClN3O2. The molecule has 1 aromatic heterocycles. The van der Waals surface area contributed by atoms with Crippen molar-refractivity contribution in [3.63, 3.8) is 0 Å². The number of hydrogen-bond donors (Lipinski definition) is 1. The Labute approximate surface area is 129 Å². The molecular weight excluding hydrogens is 290 g/mol. The Bertz CT molecular complexity index is 654. The lowest BCUT2D eigenvalue weighted by Gasteiger charge is -2.23. The third kappa shape index (κ3) is 3.36. The van der Waals surface area contributed by atoms with Crippen molar-refractivity contribution in [1.82, 2.24) is 9.97 Å². The first kappa shape index (κ1) is 15.4. The second-order valence-corrected chi connectivity index (χ2v) is 5.96. The van der Waals surface area contributed by atoms with Crippen molar-refractivity contribution in [2.75, 3.05) is 12.8 Å². The molecule has 2 rings (SSSR count). The van der Waals surface area contributed by atoms with Gasteiger partial charge in [0.25, 0.3) is 0 Å². The van der Waals surface area contributed by atoms with Crippen LogP contribution in [0.15, 0.2) is 24.5 Å². The summed E-state index contributed by atoms with van der Waals surface area (Å²) in [5.74, 6) is 1.66. The molecule has 0 radical (unpaired) electrons. The van der Waals surface area contributed by atoms with Crippen LogP contribution < -0.4 is 15.2 Å². The number of anilines is 1. The molecule has 2 N–H and O–H groups in total. The zero-order valence-corrected chi connectivity index (χ0v) is 13.2. The minimum atomic E-state index is -0.130. The monoisotopic (exact) mass is 307 g/mol. The van der Waals surface area contributed by atoms with Crippen molar-refractivity contribution < 1.29 is 9.47 Å². The molecule has 5 nitrogen and oxygen atoms in total. The standard InChI is InChI=1S/C15H18ClN3O2/c1-15(2,3)10-7-9(20-4)5-6-11(10)21-14-12(17)13(16)18-8-19-14/h5-8H,17H2,1-4H3. The van der Waals surface area contributed by atoms with E-state index in [0.29, 0.717) is 5.75 Å². The lowest BCUT2D eigenvalue weighted by molar-refractivity contribution is 0.405. The molecule has 112 valence electrons. The summed E-state index contributed by atoms with van der Waals surface area (Å²) in [7, 11) is 1.63. The van der Waals surface area contributed by atoms with Crippen molar-refractivity contribution in [1.29, 1.82) is 0 Å². The molecule has 0 aliphatic carbocycles. The van der Waals surface area contributed by atoms with Gasteiger partial charge >= 0.3 is 0 Å². The molecule has 0 saturated carbocycles. The number of rotatable bonds is 3. The van der Waals surface area contributed by atoms with E-state index in [1.165, 1.54) is 6.33 Å². The van der Waals surface area contributed by atoms with Crippen LogP contribution in [0.5, 0.6) is 17.4 Å². The van der Waals surface area contributed by atoms with E-state index in [4.69, 9.17) is 26.8 Å². The second-order valence-electron chi connectivity index (χ2n) is 5.60. The summed E-state index contributed by atoms with van der Waals surface area (Å²) < 4.78 is 11.1. The molecule has 21 heavy (non-hydrogen) atoms. The first-order chi connectivity index (χ1) is 9.82. The van der Waals surface area contributed by atoms with Crippen molar-refractivity contribution in [2.45, 2.75) is 26.2 Å². The maximum Gasteiger partial charge on any atom is 0.247 e.